The molecule has 0 aliphatic rings. The quantitative estimate of drug-likeness (QED) is 0.189. The first kappa shape index (κ1) is 17.3. The summed E-state index contributed by atoms with van der Waals surface area (Å²) in [4.78, 5) is 9.41. The van der Waals surface area contributed by atoms with Crippen LogP contribution in [0.4, 0.5) is 11.4 Å². The molecule has 13 heteroatoms. The van der Waals surface area contributed by atoms with Crippen molar-refractivity contribution in [3.8, 4) is 0 Å². The van der Waals surface area contributed by atoms with Gasteiger partial charge in [-0.1, -0.05) is 0 Å². The van der Waals surface area contributed by atoms with E-state index in [9.17, 15) is 26.9 Å². The van der Waals surface area contributed by atoms with Gasteiger partial charge in [0.1, 0.15) is 5.69 Å². The zero-order valence-electron chi connectivity index (χ0n) is 10.3. The summed E-state index contributed by atoms with van der Waals surface area (Å²) in [7, 11) is -8.79. The number of nitrogens with one attached hydrogen (secondary N) is 1. The summed E-state index contributed by atoms with van der Waals surface area (Å²) >= 11 is 0. The second-order valence-corrected chi connectivity index (χ2v) is 6.48. The number of nitrogens with zero attached hydrogens (tertiary/aromatic N) is 1. The molecule has 0 atom stereocenters. The van der Waals surface area contributed by atoms with Gasteiger partial charge in [0.25, 0.3) is 5.69 Å². The Kier molecular flexibility index (Phi) is 5.19. The molecule has 118 valence electrons. The Morgan fingerprint density at radius 2 is 1.95 bits per heavy atom. The smallest absolute Gasteiger partial charge is 0.393 e. The molecule has 21 heavy (non-hydrogen) atoms. The topological polar surface area (TPSA) is 179 Å². The molecule has 4 N–H and O–H groups in total. The average Bonchev–Trinajstić information content (AvgIpc) is 2.33. The Morgan fingerprint density at radius 3 is 2.48 bits per heavy atom. The van der Waals surface area contributed by atoms with E-state index in [1.807, 2.05) is 4.72 Å². The second kappa shape index (κ2) is 6.31. The molecule has 0 aliphatic carbocycles. The van der Waals surface area contributed by atoms with E-state index < -0.39 is 49.1 Å². The number of benzene rings is 1. The molecule has 0 fully saturated rings. The van der Waals surface area contributed by atoms with Gasteiger partial charge >= 0.3 is 10.4 Å². The van der Waals surface area contributed by atoms with E-state index in [2.05, 4.69) is 4.18 Å². The zero-order chi connectivity index (χ0) is 16.3. The van der Waals surface area contributed by atoms with Crippen molar-refractivity contribution in [2.75, 3.05) is 18.9 Å². The Bertz CT molecular complexity index is 743. The van der Waals surface area contributed by atoms with Gasteiger partial charge in [0, 0.05) is 12.6 Å². The molecule has 0 unspecified atom stereocenters. The molecule has 0 heterocycles. The van der Waals surface area contributed by atoms with Gasteiger partial charge in [-0.05, 0) is 12.1 Å². The van der Waals surface area contributed by atoms with Crippen LogP contribution in [0.15, 0.2) is 23.1 Å². The lowest BCUT2D eigenvalue weighted by Crippen LogP contribution is -2.28. The SMILES string of the molecule is Nc1ccc(S(=O)(=O)NCCOS(=O)(=O)O)cc1[N+](=O)[O-]. The molecule has 0 aromatic heterocycles. The van der Waals surface area contributed by atoms with Crippen molar-refractivity contribution in [2.45, 2.75) is 4.90 Å². The minimum atomic E-state index is -4.67. The van der Waals surface area contributed by atoms with Crippen LogP contribution in [-0.2, 0) is 24.6 Å². The molecule has 0 spiro atoms. The Labute approximate surface area is 119 Å². The lowest BCUT2D eigenvalue weighted by Gasteiger charge is -2.07. The first-order chi connectivity index (χ1) is 9.53. The minimum absolute atomic E-state index is 0.200. The fourth-order valence-electron chi connectivity index (χ4n) is 1.26. The van der Waals surface area contributed by atoms with Crippen molar-refractivity contribution < 1.29 is 30.5 Å². The number of nitrogens with two attached hydrogens (primary N) is 1. The van der Waals surface area contributed by atoms with E-state index in [1.54, 1.807) is 0 Å². The van der Waals surface area contributed by atoms with Crippen LogP contribution < -0.4 is 10.5 Å². The van der Waals surface area contributed by atoms with Crippen molar-refractivity contribution in [1.82, 2.24) is 4.72 Å². The van der Waals surface area contributed by atoms with E-state index in [1.165, 1.54) is 0 Å². The number of sulfonamides is 1. The summed E-state index contributed by atoms with van der Waals surface area (Å²) < 4.78 is 58.2. The Morgan fingerprint density at radius 1 is 1.33 bits per heavy atom. The number of nitrogen functional groups attached to an aromatic ring is 1. The van der Waals surface area contributed by atoms with Crippen molar-refractivity contribution in [3.05, 3.63) is 28.3 Å². The molecule has 0 bridgehead atoms. The number of nitro benzene ring substituents is 1. The highest BCUT2D eigenvalue weighted by molar-refractivity contribution is 7.89. The molecule has 0 aliphatic heterocycles. The fourth-order valence-corrected chi connectivity index (χ4v) is 2.58. The maximum absolute atomic E-state index is 11.8. The highest BCUT2D eigenvalue weighted by Gasteiger charge is 2.20. The van der Waals surface area contributed by atoms with E-state index in [0.29, 0.717) is 0 Å². The summed E-state index contributed by atoms with van der Waals surface area (Å²) in [5.41, 5.74) is 4.55. The van der Waals surface area contributed by atoms with Crippen molar-refractivity contribution in [1.29, 1.82) is 0 Å². The largest absolute Gasteiger partial charge is 0.397 e. The molecule has 0 radical (unpaired) electrons. The summed E-state index contributed by atoms with van der Waals surface area (Å²) in [5, 5.41) is 10.7. The Balaban J connectivity index is 2.84. The number of hydrogen-bond acceptors (Lipinski definition) is 8. The molecule has 1 rings (SSSR count). The van der Waals surface area contributed by atoms with Crippen LogP contribution in [-0.4, -0.2) is 39.5 Å². The van der Waals surface area contributed by atoms with Crippen LogP contribution in [0.1, 0.15) is 0 Å². The van der Waals surface area contributed by atoms with Crippen molar-refractivity contribution in [3.63, 3.8) is 0 Å². The highest BCUT2D eigenvalue weighted by Crippen LogP contribution is 2.24. The lowest BCUT2D eigenvalue weighted by atomic mass is 10.3. The third kappa shape index (κ3) is 5.24. The minimum Gasteiger partial charge on any atom is -0.393 e. The van der Waals surface area contributed by atoms with Crippen LogP contribution in [0.3, 0.4) is 0 Å². The van der Waals surface area contributed by atoms with Gasteiger partial charge < -0.3 is 5.73 Å². The molecule has 1 aromatic carbocycles. The normalized spacial score (nSPS) is 12.2. The van der Waals surface area contributed by atoms with E-state index in [-0.39, 0.29) is 5.69 Å². The maximum atomic E-state index is 11.8. The number of rotatable bonds is 7. The van der Waals surface area contributed by atoms with Crippen LogP contribution in [0, 0.1) is 10.1 Å². The third-order valence-electron chi connectivity index (χ3n) is 2.14. The summed E-state index contributed by atoms with van der Waals surface area (Å²) in [6.07, 6.45) is 0. The molecular formula is C8H11N3O8S2. The van der Waals surface area contributed by atoms with Crippen LogP contribution in [0.5, 0.6) is 0 Å². The van der Waals surface area contributed by atoms with Gasteiger partial charge in [0.2, 0.25) is 10.0 Å². The van der Waals surface area contributed by atoms with Crippen LogP contribution >= 0.6 is 0 Å². The zero-order valence-corrected chi connectivity index (χ0v) is 11.9. The molecule has 11 nitrogen and oxygen atoms in total. The molecule has 1 aromatic rings. The van der Waals surface area contributed by atoms with Gasteiger partial charge in [-0.15, -0.1) is 0 Å². The van der Waals surface area contributed by atoms with E-state index >= 15 is 0 Å². The standard InChI is InChI=1S/C8H11N3O8S2/c9-7-2-1-6(5-8(7)11(12)13)20(14,15)10-3-4-19-21(16,17)18/h1-2,5,10H,3-4,9H2,(H,16,17,18). The van der Waals surface area contributed by atoms with E-state index in [4.69, 9.17) is 10.3 Å². The second-order valence-electron chi connectivity index (χ2n) is 3.63. The summed E-state index contributed by atoms with van der Waals surface area (Å²) in [6, 6.07) is 2.87. The number of anilines is 1. The van der Waals surface area contributed by atoms with Crippen molar-refractivity contribution in [2.24, 2.45) is 0 Å². The van der Waals surface area contributed by atoms with Gasteiger partial charge in [0.05, 0.1) is 16.4 Å². The predicted molar refractivity (Wildman–Crippen MR) is 70.2 cm³/mol. The average molecular weight is 341 g/mol. The summed E-state index contributed by atoms with van der Waals surface area (Å²) in [6.45, 7) is -1.12. The first-order valence-corrected chi connectivity index (χ1v) is 8.03. The fraction of sp³-hybridized carbons (Fsp3) is 0.250. The lowest BCUT2D eigenvalue weighted by molar-refractivity contribution is -0.384. The Hall–Kier alpha value is -1.80. The number of nitro groups is 1. The predicted octanol–water partition coefficient (Wildman–Crippen LogP) is -0.725. The van der Waals surface area contributed by atoms with Gasteiger partial charge in [-0.25, -0.2) is 17.3 Å². The highest BCUT2D eigenvalue weighted by atomic mass is 32.3. The summed E-state index contributed by atoms with van der Waals surface area (Å²) in [5.74, 6) is 0. The molecule has 0 saturated carbocycles. The third-order valence-corrected chi connectivity index (χ3v) is 4.06. The first-order valence-electron chi connectivity index (χ1n) is 5.18. The maximum Gasteiger partial charge on any atom is 0.397 e. The van der Waals surface area contributed by atoms with Crippen molar-refractivity contribution >= 4 is 31.8 Å². The molecule has 0 amide bonds. The van der Waals surface area contributed by atoms with Gasteiger partial charge in [-0.2, -0.15) is 8.42 Å². The van der Waals surface area contributed by atoms with Crippen LogP contribution in [0.25, 0.3) is 0 Å². The van der Waals surface area contributed by atoms with Gasteiger partial charge in [0.15, 0.2) is 0 Å². The molecular weight excluding hydrogens is 330 g/mol. The van der Waals surface area contributed by atoms with Crippen LogP contribution in [0.2, 0.25) is 0 Å². The van der Waals surface area contributed by atoms with E-state index in [0.717, 1.165) is 18.2 Å². The van der Waals surface area contributed by atoms with Gasteiger partial charge in [-0.3, -0.25) is 14.7 Å². The number of hydrogen-bond donors (Lipinski definition) is 3. The molecule has 0 saturated heterocycles. The monoisotopic (exact) mass is 341 g/mol.